The van der Waals surface area contributed by atoms with Crippen LogP contribution in [0.5, 0.6) is 0 Å². The van der Waals surface area contributed by atoms with Crippen LogP contribution < -0.4 is 11.3 Å². The maximum atomic E-state index is 11.6. The zero-order valence-corrected chi connectivity index (χ0v) is 8.15. The third kappa shape index (κ3) is 1.79. The van der Waals surface area contributed by atoms with Crippen molar-refractivity contribution in [3.63, 3.8) is 0 Å². The molecule has 0 bridgehead atoms. The van der Waals surface area contributed by atoms with E-state index in [9.17, 15) is 4.79 Å². The molecule has 2 aromatic rings. The van der Waals surface area contributed by atoms with Gasteiger partial charge in [-0.25, -0.2) is 9.97 Å². The quantitative estimate of drug-likeness (QED) is 0.723. The second kappa shape index (κ2) is 3.66. The molecule has 0 aliphatic heterocycles. The minimum atomic E-state index is -0.237. The number of nitrogen functional groups attached to an aromatic ring is 1. The van der Waals surface area contributed by atoms with Crippen molar-refractivity contribution >= 4 is 16.7 Å². The normalized spacial score (nSPS) is 10.7. The van der Waals surface area contributed by atoms with E-state index in [1.54, 1.807) is 6.07 Å². The molecule has 2 heterocycles. The highest BCUT2D eigenvalue weighted by atomic mass is 16.5. The molecule has 15 heavy (non-hydrogen) atoms. The molecule has 6 heteroatoms. The minimum Gasteiger partial charge on any atom is -0.384 e. The molecule has 0 saturated heterocycles. The molecule has 0 unspecified atom stereocenters. The molecule has 0 saturated carbocycles. The number of rotatable bonds is 2. The topological polar surface area (TPSA) is 93.9 Å². The number of anilines is 1. The van der Waals surface area contributed by atoms with E-state index in [1.165, 1.54) is 13.3 Å². The summed E-state index contributed by atoms with van der Waals surface area (Å²) < 4.78 is 4.88. The van der Waals surface area contributed by atoms with Gasteiger partial charge in [-0.2, -0.15) is 0 Å². The lowest BCUT2D eigenvalue weighted by Gasteiger charge is -2.01. The Kier molecular flexibility index (Phi) is 2.34. The van der Waals surface area contributed by atoms with E-state index in [0.29, 0.717) is 22.5 Å². The van der Waals surface area contributed by atoms with Crippen molar-refractivity contribution in [1.82, 2.24) is 15.0 Å². The lowest BCUT2D eigenvalue weighted by atomic mass is 10.3. The highest BCUT2D eigenvalue weighted by molar-refractivity contribution is 5.78. The van der Waals surface area contributed by atoms with Gasteiger partial charge in [0.15, 0.2) is 0 Å². The van der Waals surface area contributed by atoms with Gasteiger partial charge in [0.2, 0.25) is 0 Å². The van der Waals surface area contributed by atoms with Crippen LogP contribution in [-0.4, -0.2) is 22.1 Å². The Hall–Kier alpha value is -1.95. The fraction of sp³-hybridized carbons (Fsp3) is 0.222. The van der Waals surface area contributed by atoms with Gasteiger partial charge >= 0.3 is 0 Å². The van der Waals surface area contributed by atoms with E-state index >= 15 is 0 Å². The van der Waals surface area contributed by atoms with E-state index in [2.05, 4.69) is 15.0 Å². The van der Waals surface area contributed by atoms with Crippen LogP contribution in [0.25, 0.3) is 10.9 Å². The third-order valence-electron chi connectivity index (χ3n) is 1.94. The Balaban J connectivity index is 2.68. The van der Waals surface area contributed by atoms with Gasteiger partial charge in [-0.05, 0) is 0 Å². The summed E-state index contributed by atoms with van der Waals surface area (Å²) in [7, 11) is 1.53. The van der Waals surface area contributed by atoms with Crippen molar-refractivity contribution in [1.29, 1.82) is 0 Å². The van der Waals surface area contributed by atoms with Gasteiger partial charge in [0, 0.05) is 19.4 Å². The number of nitrogens with two attached hydrogens (primary N) is 1. The monoisotopic (exact) mass is 206 g/mol. The summed E-state index contributed by atoms with van der Waals surface area (Å²) in [5.74, 6) is 0.810. The highest BCUT2D eigenvalue weighted by Crippen LogP contribution is 2.08. The average molecular weight is 206 g/mol. The average Bonchev–Trinajstić information content (AvgIpc) is 2.17. The number of fused-ring (bicyclic) bond motifs is 1. The molecule has 0 aromatic carbocycles. The third-order valence-corrected chi connectivity index (χ3v) is 1.94. The number of hydrogen-bond acceptors (Lipinski definition) is 5. The number of nitrogens with one attached hydrogen (secondary N) is 1. The summed E-state index contributed by atoms with van der Waals surface area (Å²) >= 11 is 0. The lowest BCUT2D eigenvalue weighted by Crippen LogP contribution is -2.13. The fourth-order valence-corrected chi connectivity index (χ4v) is 1.30. The second-order valence-corrected chi connectivity index (χ2v) is 3.07. The molecular formula is C9H10N4O2. The summed E-state index contributed by atoms with van der Waals surface area (Å²) in [4.78, 5) is 22.2. The molecule has 78 valence electrons. The molecule has 0 aliphatic carbocycles. The number of aromatic nitrogens is 3. The summed E-state index contributed by atoms with van der Waals surface area (Å²) in [5.41, 5.74) is 5.79. The van der Waals surface area contributed by atoms with E-state index in [4.69, 9.17) is 10.5 Å². The van der Waals surface area contributed by atoms with Crippen molar-refractivity contribution < 1.29 is 4.74 Å². The maximum Gasteiger partial charge on any atom is 0.260 e. The van der Waals surface area contributed by atoms with Crippen LogP contribution >= 0.6 is 0 Å². The van der Waals surface area contributed by atoms with Crippen molar-refractivity contribution in [2.75, 3.05) is 12.8 Å². The molecule has 0 spiro atoms. The highest BCUT2D eigenvalue weighted by Gasteiger charge is 2.04. The molecule has 0 fully saturated rings. The molecule has 2 rings (SSSR count). The molecule has 0 amide bonds. The number of methoxy groups -OCH3 is 1. The summed E-state index contributed by atoms with van der Waals surface area (Å²) in [6.45, 7) is 0.257. The first-order valence-electron chi connectivity index (χ1n) is 4.34. The lowest BCUT2D eigenvalue weighted by molar-refractivity contribution is 0.178. The summed E-state index contributed by atoms with van der Waals surface area (Å²) in [6.07, 6.45) is 1.41. The number of H-pyrrole nitrogens is 1. The number of ether oxygens (including phenoxy) is 1. The van der Waals surface area contributed by atoms with Crippen LogP contribution in [0, 0.1) is 0 Å². The van der Waals surface area contributed by atoms with Gasteiger partial charge in [-0.1, -0.05) is 0 Å². The van der Waals surface area contributed by atoms with Crippen molar-refractivity contribution in [3.05, 3.63) is 28.4 Å². The number of nitrogens with zero attached hydrogens (tertiary/aromatic N) is 2. The Bertz CT molecular complexity index is 549. The van der Waals surface area contributed by atoms with Gasteiger partial charge in [-0.15, -0.1) is 0 Å². The molecular weight excluding hydrogens is 196 g/mol. The predicted molar refractivity (Wildman–Crippen MR) is 55.3 cm³/mol. The molecule has 0 radical (unpaired) electrons. The smallest absolute Gasteiger partial charge is 0.260 e. The van der Waals surface area contributed by atoms with E-state index < -0.39 is 0 Å². The van der Waals surface area contributed by atoms with Crippen molar-refractivity contribution in [3.8, 4) is 0 Å². The van der Waals surface area contributed by atoms with Crippen LogP contribution in [0.2, 0.25) is 0 Å². The van der Waals surface area contributed by atoms with E-state index in [1.807, 2.05) is 0 Å². The maximum absolute atomic E-state index is 11.6. The first-order chi connectivity index (χ1) is 7.20. The summed E-state index contributed by atoms with van der Waals surface area (Å²) in [6, 6.07) is 1.56. The number of pyridine rings is 1. The van der Waals surface area contributed by atoms with E-state index in [-0.39, 0.29) is 12.2 Å². The van der Waals surface area contributed by atoms with Gasteiger partial charge < -0.3 is 15.5 Å². The Morgan fingerprint density at radius 2 is 2.40 bits per heavy atom. The van der Waals surface area contributed by atoms with Gasteiger partial charge in [0.25, 0.3) is 5.56 Å². The fourth-order valence-electron chi connectivity index (χ4n) is 1.30. The van der Waals surface area contributed by atoms with E-state index in [0.717, 1.165) is 0 Å². The molecule has 2 aromatic heterocycles. The Morgan fingerprint density at radius 1 is 1.60 bits per heavy atom. The summed E-state index contributed by atoms with van der Waals surface area (Å²) in [5, 5.41) is 0.420. The van der Waals surface area contributed by atoms with Crippen LogP contribution in [-0.2, 0) is 11.3 Å². The SMILES string of the molecule is COCc1nc2cc(N)ncc2c(=O)[nH]1. The molecule has 3 N–H and O–H groups in total. The Labute approximate surface area is 85.1 Å². The molecule has 6 nitrogen and oxygen atoms in total. The zero-order valence-electron chi connectivity index (χ0n) is 8.15. The molecule has 0 atom stereocenters. The molecule has 0 aliphatic rings. The first-order valence-corrected chi connectivity index (χ1v) is 4.34. The predicted octanol–water partition coefficient (Wildman–Crippen LogP) is 0.0467. The van der Waals surface area contributed by atoms with Crippen molar-refractivity contribution in [2.24, 2.45) is 0 Å². The largest absolute Gasteiger partial charge is 0.384 e. The number of aromatic amines is 1. The zero-order chi connectivity index (χ0) is 10.8. The van der Waals surface area contributed by atoms with Crippen LogP contribution in [0.15, 0.2) is 17.1 Å². The number of hydrogen-bond donors (Lipinski definition) is 2. The van der Waals surface area contributed by atoms with Crippen LogP contribution in [0.1, 0.15) is 5.82 Å². The van der Waals surface area contributed by atoms with Crippen molar-refractivity contribution in [2.45, 2.75) is 6.61 Å². The van der Waals surface area contributed by atoms with Gasteiger partial charge in [0.05, 0.1) is 10.9 Å². The van der Waals surface area contributed by atoms with Crippen LogP contribution in [0.4, 0.5) is 5.82 Å². The first kappa shape index (κ1) is 9.60. The van der Waals surface area contributed by atoms with Crippen LogP contribution in [0.3, 0.4) is 0 Å². The van der Waals surface area contributed by atoms with Gasteiger partial charge in [0.1, 0.15) is 18.2 Å². The van der Waals surface area contributed by atoms with Gasteiger partial charge in [-0.3, -0.25) is 4.79 Å². The second-order valence-electron chi connectivity index (χ2n) is 3.07. The Morgan fingerprint density at radius 3 is 3.13 bits per heavy atom. The standard InChI is InChI=1S/C9H10N4O2/c1-15-4-8-12-6-2-7(10)11-3-5(6)9(14)13-8/h2-3H,4H2,1H3,(H2,10,11)(H,12,13,14). The minimum absolute atomic E-state index is 0.237.